The Labute approximate surface area is 298 Å². The van der Waals surface area contributed by atoms with Crippen LogP contribution in [0.5, 0.6) is 0 Å². The minimum atomic E-state index is -4.42. The van der Waals surface area contributed by atoms with Gasteiger partial charge >= 0.3 is 6.18 Å². The van der Waals surface area contributed by atoms with Crippen molar-refractivity contribution in [3.63, 3.8) is 0 Å². The highest BCUT2D eigenvalue weighted by atomic mass is 32.2. The topological polar surface area (TPSA) is 114 Å². The average Bonchev–Trinajstić information content (AvgIpc) is 3.56. The average molecular weight is 726 g/mol. The molecule has 7 nitrogen and oxygen atoms in total. The number of carbonyl (C=O) groups is 2. The normalized spacial score (nSPS) is 12.5. The van der Waals surface area contributed by atoms with E-state index in [1.54, 1.807) is 36.4 Å². The van der Waals surface area contributed by atoms with Crippen molar-refractivity contribution in [2.24, 2.45) is 5.92 Å². The molecule has 1 heterocycles. The summed E-state index contributed by atoms with van der Waals surface area (Å²) in [6.07, 6.45) is -3.77. The van der Waals surface area contributed by atoms with Crippen LogP contribution in [0, 0.1) is 5.92 Å². The molecule has 1 unspecified atom stereocenters. The van der Waals surface area contributed by atoms with Crippen LogP contribution in [0.3, 0.4) is 0 Å². The lowest BCUT2D eigenvalue weighted by Crippen LogP contribution is -2.26. The Balaban J connectivity index is 1.18. The maximum atomic E-state index is 13.8. The van der Waals surface area contributed by atoms with Crippen molar-refractivity contribution in [2.45, 2.75) is 31.9 Å². The van der Waals surface area contributed by atoms with E-state index in [1.165, 1.54) is 12.1 Å². The molecule has 2 N–H and O–H groups in total. The Morgan fingerprint density at radius 1 is 0.731 bits per heavy atom. The Morgan fingerprint density at radius 2 is 1.29 bits per heavy atom. The number of fused-ring (bicyclic) bond motifs is 1. The van der Waals surface area contributed by atoms with Gasteiger partial charge in [0.05, 0.1) is 11.3 Å². The monoisotopic (exact) mass is 725 g/mol. The number of benzene rings is 5. The fourth-order valence-electron chi connectivity index (χ4n) is 5.98. The highest BCUT2D eigenvalue weighted by Crippen LogP contribution is 2.32. The van der Waals surface area contributed by atoms with Gasteiger partial charge in [-0.05, 0) is 90.0 Å². The van der Waals surface area contributed by atoms with Crippen molar-refractivity contribution in [3.05, 3.63) is 150 Å². The number of amides is 1. The first-order chi connectivity index (χ1) is 24.8. The molecular weight excluding hydrogens is 692 g/mol. The molecule has 1 atom stereocenters. The van der Waals surface area contributed by atoms with E-state index in [0.29, 0.717) is 35.4 Å². The quantitative estimate of drug-likeness (QED) is 0.0906. The maximum Gasteiger partial charge on any atom is 0.416 e. The number of hydrogen-bond acceptors (Lipinski definition) is 5. The zero-order valence-electron chi connectivity index (χ0n) is 27.8. The van der Waals surface area contributed by atoms with Crippen molar-refractivity contribution in [2.75, 3.05) is 11.1 Å². The number of rotatable bonds is 13. The van der Waals surface area contributed by atoms with E-state index in [-0.39, 0.29) is 24.5 Å². The van der Waals surface area contributed by atoms with Crippen molar-refractivity contribution in [3.8, 4) is 22.5 Å². The fraction of sp³-hybridized carbons (Fsp3) is 0.171. The number of anilines is 1. The number of alkyl halides is 3. The minimum Gasteiger partial charge on any atom is -0.456 e. The molecule has 52 heavy (non-hydrogen) atoms. The van der Waals surface area contributed by atoms with E-state index in [9.17, 15) is 31.2 Å². The van der Waals surface area contributed by atoms with Gasteiger partial charge in [0.25, 0.3) is 10.1 Å². The number of ketones is 1. The van der Waals surface area contributed by atoms with Gasteiger partial charge in [0.1, 0.15) is 11.3 Å². The van der Waals surface area contributed by atoms with E-state index in [4.69, 9.17) is 8.97 Å². The molecule has 0 radical (unpaired) electrons. The summed E-state index contributed by atoms with van der Waals surface area (Å²) in [7, 11) is -4.15. The summed E-state index contributed by atoms with van der Waals surface area (Å²) in [6.45, 7) is 0. The van der Waals surface area contributed by atoms with E-state index >= 15 is 0 Å². The number of halogens is 3. The first kappa shape index (κ1) is 36.3. The standard InChI is InChI=1S/C41H34F3NO6S/c42-41(43,44)35-19-15-30(16-20-35)29-11-7-27(8-12-29)24-34(25-28-9-13-31(14-10-28)37(46)5-3-23-52(48,49)50)40(47)45-36-21-17-32(18-22-36)39-26-33-4-1-2-6-38(33)51-39/h1-2,4,6-22,26,34H,3,5,23-25H2,(H,45,47)(H,48,49,50). The second kappa shape index (κ2) is 15.4. The number of Topliss-reactive ketones (excluding diaryl/α,β-unsaturated/α-hetero) is 1. The number of para-hydroxylation sites is 1. The summed E-state index contributed by atoms with van der Waals surface area (Å²) in [5, 5.41) is 4.01. The molecular formula is C41H34F3NO6S. The molecule has 0 aliphatic rings. The number of carbonyl (C=O) groups excluding carboxylic acids is 2. The molecule has 6 aromatic rings. The van der Waals surface area contributed by atoms with E-state index < -0.39 is 33.5 Å². The lowest BCUT2D eigenvalue weighted by Gasteiger charge is -2.18. The predicted molar refractivity (Wildman–Crippen MR) is 194 cm³/mol. The van der Waals surface area contributed by atoms with Crippen LogP contribution >= 0.6 is 0 Å². The fourth-order valence-corrected chi connectivity index (χ4v) is 6.49. The van der Waals surface area contributed by atoms with Gasteiger partial charge < -0.3 is 9.73 Å². The summed E-state index contributed by atoms with van der Waals surface area (Å²) in [6, 6.07) is 36.1. The van der Waals surface area contributed by atoms with Gasteiger partial charge in [-0.3, -0.25) is 14.1 Å². The van der Waals surface area contributed by atoms with Crippen LogP contribution in [0.25, 0.3) is 33.4 Å². The summed E-state index contributed by atoms with van der Waals surface area (Å²) < 4.78 is 76.0. The number of nitrogens with one attached hydrogen (secondary N) is 1. The van der Waals surface area contributed by atoms with Gasteiger partial charge in [-0.2, -0.15) is 21.6 Å². The second-order valence-corrected chi connectivity index (χ2v) is 14.2. The zero-order chi connectivity index (χ0) is 36.9. The van der Waals surface area contributed by atoms with Crippen molar-refractivity contribution in [1.29, 1.82) is 0 Å². The van der Waals surface area contributed by atoms with E-state index in [1.807, 2.05) is 66.7 Å². The van der Waals surface area contributed by atoms with Gasteiger partial charge in [-0.15, -0.1) is 0 Å². The van der Waals surface area contributed by atoms with Crippen molar-refractivity contribution >= 4 is 38.5 Å². The molecule has 0 saturated heterocycles. The molecule has 11 heteroatoms. The van der Waals surface area contributed by atoms with Crippen molar-refractivity contribution in [1.82, 2.24) is 0 Å². The molecule has 0 aliphatic heterocycles. The molecule has 266 valence electrons. The summed E-state index contributed by atoms with van der Waals surface area (Å²) in [4.78, 5) is 26.4. The molecule has 6 rings (SSSR count). The molecule has 0 bridgehead atoms. The molecule has 0 aliphatic carbocycles. The summed E-state index contributed by atoms with van der Waals surface area (Å²) in [5.41, 5.74) is 4.92. The van der Waals surface area contributed by atoms with Gasteiger partial charge in [0, 0.05) is 34.5 Å². The predicted octanol–water partition coefficient (Wildman–Crippen LogP) is 9.68. The van der Waals surface area contributed by atoms with E-state index in [2.05, 4.69) is 5.32 Å². The molecule has 0 saturated carbocycles. The summed E-state index contributed by atoms with van der Waals surface area (Å²) in [5.74, 6) is -0.820. The van der Waals surface area contributed by atoms with Gasteiger partial charge in [0.2, 0.25) is 5.91 Å². The Morgan fingerprint density at radius 3 is 1.87 bits per heavy atom. The van der Waals surface area contributed by atoms with E-state index in [0.717, 1.165) is 45.4 Å². The van der Waals surface area contributed by atoms with Crippen molar-refractivity contribution < 1.29 is 40.1 Å². The largest absolute Gasteiger partial charge is 0.456 e. The first-order valence-corrected chi connectivity index (χ1v) is 18.2. The number of hydrogen-bond donors (Lipinski definition) is 2. The Kier molecular flexibility index (Phi) is 10.7. The Hall–Kier alpha value is -5.52. The lowest BCUT2D eigenvalue weighted by atomic mass is 9.90. The second-order valence-electron chi connectivity index (χ2n) is 12.6. The van der Waals surface area contributed by atoms with Gasteiger partial charge in [-0.1, -0.05) is 78.9 Å². The zero-order valence-corrected chi connectivity index (χ0v) is 28.6. The summed E-state index contributed by atoms with van der Waals surface area (Å²) >= 11 is 0. The minimum absolute atomic E-state index is 0.00141. The van der Waals surface area contributed by atoms with Crippen LogP contribution in [0.2, 0.25) is 0 Å². The van der Waals surface area contributed by atoms with Crippen LogP contribution in [0.4, 0.5) is 18.9 Å². The maximum absolute atomic E-state index is 13.8. The SMILES string of the molecule is O=C(CCCS(=O)(=O)O)c1ccc(CC(Cc2ccc(-c3ccc(C(F)(F)F)cc3)cc2)C(=O)Nc2ccc(-c3cc4ccccc4o3)cc2)cc1. The Bertz CT molecular complexity index is 2250. The smallest absolute Gasteiger partial charge is 0.416 e. The number of furan rings is 1. The van der Waals surface area contributed by atoms with Gasteiger partial charge in [0.15, 0.2) is 5.78 Å². The van der Waals surface area contributed by atoms with Crippen LogP contribution < -0.4 is 5.32 Å². The molecule has 5 aromatic carbocycles. The third kappa shape index (κ3) is 9.42. The molecule has 0 spiro atoms. The molecule has 0 fully saturated rings. The lowest BCUT2D eigenvalue weighted by molar-refractivity contribution is -0.137. The van der Waals surface area contributed by atoms with Gasteiger partial charge in [-0.25, -0.2) is 0 Å². The molecule has 1 amide bonds. The third-order valence-corrected chi connectivity index (χ3v) is 9.58. The first-order valence-electron chi connectivity index (χ1n) is 16.5. The van der Waals surface area contributed by atoms with Crippen LogP contribution in [0.15, 0.2) is 132 Å². The van der Waals surface area contributed by atoms with Crippen LogP contribution in [-0.4, -0.2) is 30.4 Å². The van der Waals surface area contributed by atoms with Crippen LogP contribution in [0.1, 0.15) is 39.9 Å². The molecule has 1 aromatic heterocycles. The van der Waals surface area contributed by atoms with Crippen LogP contribution in [-0.2, 0) is 33.9 Å². The highest BCUT2D eigenvalue weighted by molar-refractivity contribution is 7.85. The third-order valence-electron chi connectivity index (χ3n) is 8.78. The highest BCUT2D eigenvalue weighted by Gasteiger charge is 2.30.